The Labute approximate surface area is 46.4 Å². The number of hydrogen-bond acceptors (Lipinski definition) is 3. The quantitative estimate of drug-likeness (QED) is 0.412. The molecule has 0 rings (SSSR count). The number of nitrogens with zero attached hydrogens (tertiary/aromatic N) is 1. The van der Waals surface area contributed by atoms with Gasteiger partial charge in [-0.1, -0.05) is 0 Å². The minimum absolute atomic E-state index is 0.411. The predicted molar refractivity (Wildman–Crippen MR) is 27.6 cm³/mol. The molecule has 5 heteroatoms. The Hall–Kier alpha value is -0.850. The monoisotopic (exact) mass is 131 g/mol. The van der Waals surface area contributed by atoms with Crippen LogP contribution >= 0.6 is 7.92 Å². The van der Waals surface area contributed by atoms with Crippen LogP contribution < -0.4 is 0 Å². The molecule has 0 atom stereocenters. The maximum absolute atomic E-state index is 9.58. The molecule has 0 aromatic rings. The first-order chi connectivity index (χ1) is 3.77. The van der Waals surface area contributed by atoms with E-state index in [4.69, 9.17) is 5.11 Å². The van der Waals surface area contributed by atoms with E-state index in [0.29, 0.717) is 6.21 Å². The Morgan fingerprint density at radius 2 is 2.50 bits per heavy atom. The van der Waals surface area contributed by atoms with Crippen molar-refractivity contribution in [2.45, 2.75) is 0 Å². The fourth-order valence-corrected chi connectivity index (χ4v) is 0.213. The van der Waals surface area contributed by atoms with E-state index in [9.17, 15) is 9.36 Å². The number of hydrogen-bond donors (Lipinski definition) is 1. The fraction of sp³-hybridized carbons (Fsp3) is 0. The molecule has 1 N–H and O–H groups in total. The van der Waals surface area contributed by atoms with E-state index in [-0.39, 0.29) is 0 Å². The number of carbonyl (C=O) groups is 1. The summed E-state index contributed by atoms with van der Waals surface area (Å²) in [6.45, 7) is 0. The van der Waals surface area contributed by atoms with Gasteiger partial charge < -0.3 is 0 Å². The zero-order valence-corrected chi connectivity index (χ0v) is 4.63. The molecule has 0 heterocycles. The van der Waals surface area contributed by atoms with Crippen LogP contribution in [0.25, 0.3) is 0 Å². The number of aliphatic carboxylic acids is 1. The van der Waals surface area contributed by atoms with E-state index < -0.39 is 13.9 Å². The molecule has 0 spiro atoms. The van der Waals surface area contributed by atoms with Crippen LogP contribution in [0.3, 0.4) is 0 Å². The third-order valence-corrected chi connectivity index (χ3v) is 0.471. The van der Waals surface area contributed by atoms with Crippen molar-refractivity contribution in [3.05, 3.63) is 0 Å². The second-order valence-corrected chi connectivity index (χ2v) is 1.17. The van der Waals surface area contributed by atoms with Crippen LogP contribution in [0, 0.1) is 5.75 Å². The van der Waals surface area contributed by atoms with E-state index in [0.717, 1.165) is 0 Å². The number of aliphatic imine (C=N–C) groups is 1. The molecule has 0 bridgehead atoms. The summed E-state index contributed by atoms with van der Waals surface area (Å²) in [5, 5.41) is 7.85. The molecule has 0 aliphatic carbocycles. The standard InChI is InChI=1S/C3H2NO3P/c5-3(6)1-4-2-8-7/h1H,(H,5,6). The summed E-state index contributed by atoms with van der Waals surface area (Å²) < 4.78 is 9.47. The van der Waals surface area contributed by atoms with Gasteiger partial charge >= 0.3 is 45.3 Å². The third-order valence-electron chi connectivity index (χ3n) is 0.274. The second kappa shape index (κ2) is 4.31. The first kappa shape index (κ1) is 7.15. The average Bonchev–Trinajstić information content (AvgIpc) is 1.66. The van der Waals surface area contributed by atoms with Gasteiger partial charge in [-0.3, -0.25) is 0 Å². The van der Waals surface area contributed by atoms with Crippen molar-refractivity contribution in [1.29, 1.82) is 0 Å². The topological polar surface area (TPSA) is 66.7 Å². The molecule has 0 amide bonds. The second-order valence-electron chi connectivity index (χ2n) is 0.788. The van der Waals surface area contributed by atoms with Crippen molar-refractivity contribution in [3.63, 3.8) is 0 Å². The Balaban J connectivity index is 3.79. The molecular formula is C3H2NO3P. The number of carboxylic acid groups (broad SMARTS) is 1. The van der Waals surface area contributed by atoms with Crippen molar-refractivity contribution in [2.24, 2.45) is 4.99 Å². The van der Waals surface area contributed by atoms with Gasteiger partial charge in [-0.2, -0.15) is 0 Å². The molecule has 0 saturated heterocycles. The summed E-state index contributed by atoms with van der Waals surface area (Å²) in [7, 11) is -0.411. The minimum atomic E-state index is -1.18. The summed E-state index contributed by atoms with van der Waals surface area (Å²) >= 11 is 0. The molecule has 42 valence electrons. The molecular weight excluding hydrogens is 129 g/mol. The van der Waals surface area contributed by atoms with E-state index >= 15 is 0 Å². The van der Waals surface area contributed by atoms with Gasteiger partial charge in [0.2, 0.25) is 0 Å². The van der Waals surface area contributed by atoms with Crippen molar-refractivity contribution >= 4 is 20.1 Å². The van der Waals surface area contributed by atoms with Gasteiger partial charge in [-0.05, 0) is 0 Å². The molecule has 0 fully saturated rings. The van der Waals surface area contributed by atoms with Gasteiger partial charge in [-0.15, -0.1) is 0 Å². The Kier molecular flexibility index (Phi) is 3.85. The normalized spacial score (nSPS) is 8.50. The molecule has 0 aromatic carbocycles. The summed E-state index contributed by atoms with van der Waals surface area (Å²) in [5.41, 5.74) is 0. The van der Waals surface area contributed by atoms with Crippen LogP contribution in [0.1, 0.15) is 0 Å². The van der Waals surface area contributed by atoms with Gasteiger partial charge in [0.25, 0.3) is 0 Å². The van der Waals surface area contributed by atoms with Gasteiger partial charge in [0.05, 0.1) is 0 Å². The van der Waals surface area contributed by atoms with Gasteiger partial charge in [0.1, 0.15) is 0 Å². The van der Waals surface area contributed by atoms with Crippen LogP contribution in [0.15, 0.2) is 4.99 Å². The van der Waals surface area contributed by atoms with Crippen LogP contribution in [0.4, 0.5) is 0 Å². The van der Waals surface area contributed by atoms with Crippen LogP contribution in [0.2, 0.25) is 0 Å². The van der Waals surface area contributed by atoms with Crippen molar-refractivity contribution in [1.82, 2.24) is 0 Å². The fourth-order valence-electron chi connectivity index (χ4n) is 0.108. The molecule has 4 nitrogen and oxygen atoms in total. The SMILES string of the molecule is O=P#CN=CC(=O)O. The van der Waals surface area contributed by atoms with E-state index in [1.165, 1.54) is 0 Å². The maximum atomic E-state index is 9.58. The molecule has 0 unspecified atom stereocenters. The molecule has 0 saturated carbocycles. The zero-order valence-electron chi connectivity index (χ0n) is 3.74. The van der Waals surface area contributed by atoms with Gasteiger partial charge in [0.15, 0.2) is 0 Å². The first-order valence-corrected chi connectivity index (χ1v) is 2.42. The molecule has 0 aliphatic rings. The van der Waals surface area contributed by atoms with Gasteiger partial charge in [-0.25, -0.2) is 0 Å². The summed E-state index contributed by atoms with van der Waals surface area (Å²) in [6.07, 6.45) is 0.602. The summed E-state index contributed by atoms with van der Waals surface area (Å²) in [4.78, 5) is 12.6. The number of carboxylic acids is 1. The van der Waals surface area contributed by atoms with Crippen LogP contribution in [-0.4, -0.2) is 17.3 Å². The van der Waals surface area contributed by atoms with Crippen LogP contribution in [-0.2, 0) is 9.36 Å². The average molecular weight is 131 g/mol. The molecule has 8 heavy (non-hydrogen) atoms. The Morgan fingerprint density at radius 3 is 2.88 bits per heavy atom. The van der Waals surface area contributed by atoms with Crippen LogP contribution in [0.5, 0.6) is 0 Å². The Bertz CT molecular complexity index is 202. The van der Waals surface area contributed by atoms with Crippen molar-refractivity contribution < 1.29 is 14.5 Å². The molecule has 0 aromatic heterocycles. The van der Waals surface area contributed by atoms with E-state index in [1.807, 2.05) is 5.75 Å². The summed E-state index contributed by atoms with van der Waals surface area (Å²) in [6, 6.07) is 0. The Morgan fingerprint density at radius 1 is 1.88 bits per heavy atom. The summed E-state index contributed by atoms with van der Waals surface area (Å²) in [5.74, 6) is 0.705. The van der Waals surface area contributed by atoms with Gasteiger partial charge in [0, 0.05) is 0 Å². The van der Waals surface area contributed by atoms with Crippen molar-refractivity contribution in [2.75, 3.05) is 0 Å². The number of rotatable bonds is 1. The molecule has 0 radical (unpaired) electrons. The first-order valence-electron chi connectivity index (χ1n) is 1.60. The van der Waals surface area contributed by atoms with E-state index in [2.05, 4.69) is 4.99 Å². The van der Waals surface area contributed by atoms with Crippen molar-refractivity contribution in [3.8, 4) is 5.75 Å². The van der Waals surface area contributed by atoms with E-state index in [1.54, 1.807) is 0 Å². The predicted octanol–water partition coefficient (Wildman–Crippen LogP) is 0.350. The third kappa shape index (κ3) is 5.15. The zero-order chi connectivity index (χ0) is 6.41. The molecule has 0 aliphatic heterocycles.